The fourth-order valence-electron chi connectivity index (χ4n) is 3.83. The predicted molar refractivity (Wildman–Crippen MR) is 97.5 cm³/mol. The summed E-state index contributed by atoms with van der Waals surface area (Å²) in [6, 6.07) is 1.68. The van der Waals surface area contributed by atoms with Gasteiger partial charge in [-0.15, -0.1) is 0 Å². The molecule has 2 saturated heterocycles. The van der Waals surface area contributed by atoms with E-state index in [9.17, 15) is 9.59 Å². The molecule has 1 aromatic heterocycles. The second kappa shape index (κ2) is 8.13. The van der Waals surface area contributed by atoms with Crippen molar-refractivity contribution in [2.24, 2.45) is 11.8 Å². The zero-order valence-electron chi connectivity index (χ0n) is 15.4. The highest BCUT2D eigenvalue weighted by Gasteiger charge is 2.24. The highest BCUT2D eigenvalue weighted by atomic mass is 16.1. The minimum Gasteiger partial charge on any atom is -0.356 e. The maximum atomic E-state index is 12.2. The maximum Gasteiger partial charge on any atom is 0.253 e. The summed E-state index contributed by atoms with van der Waals surface area (Å²) in [4.78, 5) is 30.4. The highest BCUT2D eigenvalue weighted by molar-refractivity contribution is 5.76. The zero-order valence-corrected chi connectivity index (χ0v) is 15.4. The summed E-state index contributed by atoms with van der Waals surface area (Å²) >= 11 is 0. The minimum atomic E-state index is 0.0686. The van der Waals surface area contributed by atoms with Gasteiger partial charge in [0.1, 0.15) is 0 Å². The summed E-state index contributed by atoms with van der Waals surface area (Å²) in [6.07, 6.45) is 5.64. The van der Waals surface area contributed by atoms with Crippen molar-refractivity contribution in [1.82, 2.24) is 19.8 Å². The van der Waals surface area contributed by atoms with Crippen LogP contribution in [-0.4, -0.2) is 46.5 Å². The molecule has 2 fully saturated rings. The monoisotopic (exact) mass is 346 g/mol. The Morgan fingerprint density at radius 3 is 2.52 bits per heavy atom. The zero-order chi connectivity index (χ0) is 17.8. The summed E-state index contributed by atoms with van der Waals surface area (Å²) in [5, 5.41) is 2.97. The van der Waals surface area contributed by atoms with Gasteiger partial charge in [-0.2, -0.15) is 0 Å². The molecule has 1 aromatic rings. The number of nitrogens with one attached hydrogen (secondary N) is 1. The molecule has 3 heterocycles. The lowest BCUT2D eigenvalue weighted by Gasteiger charge is -2.35. The molecule has 0 bridgehead atoms. The molecular formula is C19H30N4O2. The molecule has 1 N–H and O–H groups in total. The third-order valence-corrected chi connectivity index (χ3v) is 5.54. The number of nitrogens with zero attached hydrogens (tertiary/aromatic N) is 3. The first-order valence-corrected chi connectivity index (χ1v) is 9.56. The predicted octanol–water partition coefficient (Wildman–Crippen LogP) is 1.60. The first kappa shape index (κ1) is 18.1. The van der Waals surface area contributed by atoms with E-state index in [4.69, 9.17) is 0 Å². The van der Waals surface area contributed by atoms with Gasteiger partial charge in [0, 0.05) is 32.1 Å². The number of rotatable bonds is 5. The molecule has 0 radical (unpaired) electrons. The maximum absolute atomic E-state index is 12.2. The van der Waals surface area contributed by atoms with Gasteiger partial charge in [0.05, 0.1) is 12.0 Å². The number of aromatic nitrogens is 2. The number of amides is 1. The first-order chi connectivity index (χ1) is 12.0. The van der Waals surface area contributed by atoms with Crippen molar-refractivity contribution in [3.8, 4) is 0 Å². The summed E-state index contributed by atoms with van der Waals surface area (Å²) in [5.74, 6) is 1.61. The van der Waals surface area contributed by atoms with E-state index in [1.165, 1.54) is 0 Å². The highest BCUT2D eigenvalue weighted by Crippen LogP contribution is 2.21. The van der Waals surface area contributed by atoms with Crippen LogP contribution in [0.4, 0.5) is 0 Å². The average molecular weight is 346 g/mol. The van der Waals surface area contributed by atoms with Gasteiger partial charge in [-0.05, 0) is 50.1 Å². The molecule has 1 atom stereocenters. The van der Waals surface area contributed by atoms with Crippen molar-refractivity contribution < 1.29 is 4.79 Å². The van der Waals surface area contributed by atoms with Gasteiger partial charge in [0.2, 0.25) is 5.91 Å². The molecule has 138 valence electrons. The molecule has 0 aliphatic carbocycles. The van der Waals surface area contributed by atoms with Gasteiger partial charge in [-0.3, -0.25) is 14.2 Å². The van der Waals surface area contributed by atoms with Crippen LogP contribution in [0.3, 0.4) is 0 Å². The Balaban J connectivity index is 1.46. The van der Waals surface area contributed by atoms with Gasteiger partial charge in [0.15, 0.2) is 0 Å². The summed E-state index contributed by atoms with van der Waals surface area (Å²) < 4.78 is 1.77. The fourth-order valence-corrected chi connectivity index (χ4v) is 3.83. The van der Waals surface area contributed by atoms with Crippen LogP contribution in [0.1, 0.15) is 51.1 Å². The van der Waals surface area contributed by atoms with E-state index in [2.05, 4.69) is 29.0 Å². The number of carbonyl (C=O) groups excluding carboxylic acids is 1. The molecule has 3 rings (SSSR count). The van der Waals surface area contributed by atoms with Crippen LogP contribution in [0.5, 0.6) is 0 Å². The van der Waals surface area contributed by atoms with E-state index in [1.54, 1.807) is 17.0 Å². The van der Waals surface area contributed by atoms with E-state index < -0.39 is 0 Å². The van der Waals surface area contributed by atoms with Crippen LogP contribution in [-0.2, 0) is 11.3 Å². The molecule has 0 aromatic carbocycles. The van der Waals surface area contributed by atoms with Crippen LogP contribution in [0.25, 0.3) is 0 Å². The van der Waals surface area contributed by atoms with Crippen molar-refractivity contribution in [1.29, 1.82) is 0 Å². The molecule has 1 unspecified atom stereocenters. The van der Waals surface area contributed by atoms with Crippen LogP contribution in [0, 0.1) is 11.8 Å². The topological polar surface area (TPSA) is 67.2 Å². The van der Waals surface area contributed by atoms with E-state index in [0.29, 0.717) is 18.3 Å². The van der Waals surface area contributed by atoms with Gasteiger partial charge in [-0.25, -0.2) is 4.98 Å². The van der Waals surface area contributed by atoms with Crippen LogP contribution < -0.4 is 10.9 Å². The number of likely N-dealkylation sites (tertiary alicyclic amines) is 1. The summed E-state index contributed by atoms with van der Waals surface area (Å²) in [5.41, 5.74) is 0.940. The Morgan fingerprint density at radius 1 is 1.16 bits per heavy atom. The average Bonchev–Trinajstić information content (AvgIpc) is 2.60. The lowest BCUT2D eigenvalue weighted by Crippen LogP contribution is -2.43. The molecule has 0 spiro atoms. The Hall–Kier alpha value is -1.69. The van der Waals surface area contributed by atoms with Gasteiger partial charge < -0.3 is 10.2 Å². The van der Waals surface area contributed by atoms with Crippen LogP contribution in [0.2, 0.25) is 0 Å². The van der Waals surface area contributed by atoms with Gasteiger partial charge in [-0.1, -0.05) is 13.8 Å². The largest absolute Gasteiger partial charge is 0.356 e. The molecule has 2 aliphatic heterocycles. The van der Waals surface area contributed by atoms with E-state index >= 15 is 0 Å². The summed E-state index contributed by atoms with van der Waals surface area (Å²) in [6.45, 7) is 8.96. The normalized spacial score (nSPS) is 23.0. The Morgan fingerprint density at radius 2 is 1.92 bits per heavy atom. The van der Waals surface area contributed by atoms with Crippen LogP contribution >= 0.6 is 0 Å². The molecule has 0 saturated carbocycles. The van der Waals surface area contributed by atoms with Gasteiger partial charge in [0.25, 0.3) is 5.56 Å². The van der Waals surface area contributed by atoms with Crippen molar-refractivity contribution in [3.63, 3.8) is 0 Å². The number of hydrogen-bond donors (Lipinski definition) is 1. The van der Waals surface area contributed by atoms with Crippen molar-refractivity contribution in [3.05, 3.63) is 28.4 Å². The number of hydrogen-bond acceptors (Lipinski definition) is 4. The fraction of sp³-hybridized carbons (Fsp3) is 0.737. The SMILES string of the molecule is CC(C)c1cc(=O)n(CC2CCN(CC3CCC(=O)NC3)CC2)cn1. The molecule has 1 amide bonds. The lowest BCUT2D eigenvalue weighted by atomic mass is 9.93. The Labute approximate surface area is 149 Å². The summed E-state index contributed by atoms with van der Waals surface area (Å²) in [7, 11) is 0. The quantitative estimate of drug-likeness (QED) is 0.879. The number of carbonyl (C=O) groups is 1. The molecule has 2 aliphatic rings. The minimum absolute atomic E-state index is 0.0686. The smallest absolute Gasteiger partial charge is 0.253 e. The van der Waals surface area contributed by atoms with E-state index in [1.807, 2.05) is 0 Å². The molecule has 25 heavy (non-hydrogen) atoms. The third-order valence-electron chi connectivity index (χ3n) is 5.54. The molecular weight excluding hydrogens is 316 g/mol. The van der Waals surface area contributed by atoms with E-state index in [0.717, 1.165) is 57.7 Å². The van der Waals surface area contributed by atoms with Crippen molar-refractivity contribution in [2.75, 3.05) is 26.2 Å². The number of piperidine rings is 2. The Bertz CT molecular complexity index is 637. The standard InChI is InChI=1S/C19H30N4O2/c1-14(2)17-9-19(25)23(13-21-17)12-15-5-7-22(8-6-15)11-16-3-4-18(24)20-10-16/h9,13-16H,3-8,10-12H2,1-2H3,(H,20,24). The lowest BCUT2D eigenvalue weighted by molar-refractivity contribution is -0.123. The molecule has 6 nitrogen and oxygen atoms in total. The van der Waals surface area contributed by atoms with Crippen molar-refractivity contribution in [2.45, 2.75) is 52.0 Å². The molecule has 6 heteroatoms. The van der Waals surface area contributed by atoms with Crippen LogP contribution in [0.15, 0.2) is 17.2 Å². The third kappa shape index (κ3) is 4.91. The second-order valence-corrected chi connectivity index (χ2v) is 7.91. The van der Waals surface area contributed by atoms with E-state index in [-0.39, 0.29) is 17.4 Å². The van der Waals surface area contributed by atoms with Gasteiger partial charge >= 0.3 is 0 Å². The second-order valence-electron chi connectivity index (χ2n) is 7.91. The Kier molecular flexibility index (Phi) is 5.89. The van der Waals surface area contributed by atoms with Crippen molar-refractivity contribution >= 4 is 5.91 Å². The first-order valence-electron chi connectivity index (χ1n) is 9.56.